The van der Waals surface area contributed by atoms with Gasteiger partial charge in [-0.2, -0.15) is 13.2 Å². The zero-order valence-electron chi connectivity index (χ0n) is 20.4. The number of anilines is 1. The molecule has 3 aromatic carbocycles. The van der Waals surface area contributed by atoms with E-state index in [4.69, 9.17) is 4.74 Å². The molecule has 5 nitrogen and oxygen atoms in total. The van der Waals surface area contributed by atoms with E-state index < -0.39 is 11.7 Å². The third kappa shape index (κ3) is 6.94. The predicted molar refractivity (Wildman–Crippen MR) is 137 cm³/mol. The van der Waals surface area contributed by atoms with Gasteiger partial charge in [-0.15, -0.1) is 0 Å². The Hall–Kier alpha value is -4.20. The van der Waals surface area contributed by atoms with Crippen LogP contribution in [0.25, 0.3) is 0 Å². The van der Waals surface area contributed by atoms with Gasteiger partial charge in [0.2, 0.25) is 0 Å². The highest BCUT2D eigenvalue weighted by Gasteiger charge is 2.30. The number of para-hydroxylation sites is 2. The predicted octanol–water partition coefficient (Wildman–Crippen LogP) is 7.19. The van der Waals surface area contributed by atoms with Crippen molar-refractivity contribution in [1.82, 2.24) is 9.47 Å². The molecular formula is C29H28F3N3O2. The van der Waals surface area contributed by atoms with E-state index in [1.165, 1.54) is 6.07 Å². The minimum absolute atomic E-state index is 0.250. The molecule has 37 heavy (non-hydrogen) atoms. The topological polar surface area (TPSA) is 46.5 Å². The number of urea groups is 1. The van der Waals surface area contributed by atoms with Gasteiger partial charge in [0, 0.05) is 25.0 Å². The molecule has 0 bridgehead atoms. The largest absolute Gasteiger partial charge is 0.492 e. The van der Waals surface area contributed by atoms with Crippen molar-refractivity contribution in [2.75, 3.05) is 11.9 Å². The van der Waals surface area contributed by atoms with Crippen LogP contribution in [0.15, 0.2) is 97.2 Å². The van der Waals surface area contributed by atoms with Crippen molar-refractivity contribution in [3.63, 3.8) is 0 Å². The van der Waals surface area contributed by atoms with Gasteiger partial charge in [-0.05, 0) is 54.4 Å². The highest BCUT2D eigenvalue weighted by molar-refractivity contribution is 5.91. The first-order chi connectivity index (χ1) is 17.8. The molecule has 0 aliphatic heterocycles. The summed E-state index contributed by atoms with van der Waals surface area (Å²) in [5, 5.41) is 2.95. The normalized spacial score (nSPS) is 11.2. The summed E-state index contributed by atoms with van der Waals surface area (Å²) in [6.07, 6.45) is -2.60. The second-order valence-corrected chi connectivity index (χ2v) is 8.53. The Morgan fingerprint density at radius 1 is 0.892 bits per heavy atom. The van der Waals surface area contributed by atoms with Crippen LogP contribution in [0, 0.1) is 0 Å². The summed E-state index contributed by atoms with van der Waals surface area (Å²) in [6.45, 7) is 3.18. The van der Waals surface area contributed by atoms with E-state index in [0.29, 0.717) is 30.2 Å². The van der Waals surface area contributed by atoms with Crippen molar-refractivity contribution in [3.8, 4) is 5.75 Å². The number of amides is 2. The van der Waals surface area contributed by atoms with Gasteiger partial charge in [0.1, 0.15) is 5.75 Å². The molecule has 0 radical (unpaired) electrons. The average Bonchev–Trinajstić information content (AvgIpc) is 3.31. The summed E-state index contributed by atoms with van der Waals surface area (Å²) >= 11 is 0. The maximum Gasteiger partial charge on any atom is 0.416 e. The second kappa shape index (κ2) is 11.7. The lowest BCUT2D eigenvalue weighted by molar-refractivity contribution is -0.137. The molecule has 0 atom stereocenters. The number of rotatable bonds is 9. The van der Waals surface area contributed by atoms with E-state index in [9.17, 15) is 18.0 Å². The number of ether oxygens (including phenoxy) is 1. The molecule has 4 rings (SSSR count). The van der Waals surface area contributed by atoms with E-state index in [1.807, 2.05) is 66.1 Å². The van der Waals surface area contributed by atoms with Crippen molar-refractivity contribution in [1.29, 1.82) is 0 Å². The second-order valence-electron chi connectivity index (χ2n) is 8.53. The maximum atomic E-state index is 13.4. The molecule has 0 unspecified atom stereocenters. The fourth-order valence-corrected chi connectivity index (χ4v) is 4.03. The highest BCUT2D eigenvalue weighted by Crippen LogP contribution is 2.30. The Morgan fingerprint density at radius 2 is 1.62 bits per heavy atom. The first kappa shape index (κ1) is 25.9. The van der Waals surface area contributed by atoms with Gasteiger partial charge in [-0.3, -0.25) is 0 Å². The summed E-state index contributed by atoms with van der Waals surface area (Å²) < 4.78 is 47.0. The van der Waals surface area contributed by atoms with Crippen molar-refractivity contribution in [2.24, 2.45) is 0 Å². The third-order valence-electron chi connectivity index (χ3n) is 5.82. The number of halogens is 3. The lowest BCUT2D eigenvalue weighted by Gasteiger charge is -2.25. The highest BCUT2D eigenvalue weighted by atomic mass is 19.4. The number of carbonyl (C=O) groups excluding carboxylic acids is 1. The number of hydrogen-bond acceptors (Lipinski definition) is 2. The zero-order chi connectivity index (χ0) is 26.3. The molecule has 1 N–H and O–H groups in total. The average molecular weight is 508 g/mol. The summed E-state index contributed by atoms with van der Waals surface area (Å²) in [4.78, 5) is 15.1. The number of nitrogens with one attached hydrogen (secondary N) is 1. The maximum absolute atomic E-state index is 13.4. The van der Waals surface area contributed by atoms with Crippen LogP contribution in [0.5, 0.6) is 5.75 Å². The molecule has 192 valence electrons. The van der Waals surface area contributed by atoms with Gasteiger partial charge >= 0.3 is 12.2 Å². The lowest BCUT2D eigenvalue weighted by atomic mass is 10.1. The molecule has 4 aromatic rings. The van der Waals surface area contributed by atoms with Crippen LogP contribution in [-0.2, 0) is 25.8 Å². The van der Waals surface area contributed by atoms with E-state index in [2.05, 4.69) is 5.32 Å². The molecular weight excluding hydrogens is 479 g/mol. The number of alkyl halides is 3. The molecule has 0 aliphatic rings. The summed E-state index contributed by atoms with van der Waals surface area (Å²) in [7, 11) is 0. The molecule has 0 spiro atoms. The van der Waals surface area contributed by atoms with Gasteiger partial charge < -0.3 is 19.5 Å². The van der Waals surface area contributed by atoms with Crippen molar-refractivity contribution in [3.05, 3.63) is 120 Å². The van der Waals surface area contributed by atoms with E-state index in [0.717, 1.165) is 23.4 Å². The van der Waals surface area contributed by atoms with E-state index >= 15 is 0 Å². The summed E-state index contributed by atoms with van der Waals surface area (Å²) in [6, 6.07) is 25.5. The zero-order valence-corrected chi connectivity index (χ0v) is 20.4. The van der Waals surface area contributed by atoms with Crippen molar-refractivity contribution in [2.45, 2.75) is 32.7 Å². The quantitative estimate of drug-likeness (QED) is 0.261. The van der Waals surface area contributed by atoms with Crippen LogP contribution in [-0.4, -0.2) is 22.1 Å². The van der Waals surface area contributed by atoms with E-state index in [-0.39, 0.29) is 19.1 Å². The monoisotopic (exact) mass is 507 g/mol. The molecule has 1 heterocycles. The Bertz CT molecular complexity index is 1320. The van der Waals surface area contributed by atoms with Gasteiger partial charge in [0.25, 0.3) is 0 Å². The Morgan fingerprint density at radius 3 is 2.38 bits per heavy atom. The van der Waals surface area contributed by atoms with Crippen LogP contribution < -0.4 is 10.1 Å². The number of carbonyl (C=O) groups is 1. The van der Waals surface area contributed by atoms with Crippen LogP contribution in [0.2, 0.25) is 0 Å². The fourth-order valence-electron chi connectivity index (χ4n) is 4.03. The van der Waals surface area contributed by atoms with Gasteiger partial charge in [-0.1, -0.05) is 54.6 Å². The Labute approximate surface area is 214 Å². The molecule has 8 heteroatoms. The third-order valence-corrected chi connectivity index (χ3v) is 5.82. The van der Waals surface area contributed by atoms with Gasteiger partial charge in [0.15, 0.2) is 0 Å². The molecule has 0 aliphatic carbocycles. The molecule has 2 amide bonds. The van der Waals surface area contributed by atoms with Crippen LogP contribution in [0.1, 0.15) is 29.3 Å². The first-order valence-electron chi connectivity index (χ1n) is 12.0. The summed E-state index contributed by atoms with van der Waals surface area (Å²) in [5.74, 6) is 0.575. The molecule has 0 saturated carbocycles. The van der Waals surface area contributed by atoms with Crippen molar-refractivity contribution < 1.29 is 22.7 Å². The number of nitrogens with zero attached hydrogens (tertiary/aromatic N) is 2. The fraction of sp³-hybridized carbons (Fsp3) is 0.207. The standard InChI is InChI=1S/C29H28F3N3O2/c1-2-37-27-16-7-6-15-26(27)33-28(36)35(19-22-10-4-3-5-11-22)21-25-14-9-17-34(25)20-23-12-8-13-24(18-23)29(30,31)32/h3-18H,2,19-21H2,1H3,(H,33,36). The minimum Gasteiger partial charge on any atom is -0.492 e. The van der Waals surface area contributed by atoms with Gasteiger partial charge in [-0.25, -0.2) is 4.79 Å². The van der Waals surface area contributed by atoms with Crippen LogP contribution in [0.4, 0.5) is 23.7 Å². The molecule has 0 fully saturated rings. The SMILES string of the molecule is CCOc1ccccc1NC(=O)N(Cc1ccccc1)Cc1cccn1Cc1cccc(C(F)(F)F)c1. The smallest absolute Gasteiger partial charge is 0.416 e. The van der Waals surface area contributed by atoms with E-state index in [1.54, 1.807) is 29.3 Å². The first-order valence-corrected chi connectivity index (χ1v) is 12.0. The van der Waals surface area contributed by atoms with Gasteiger partial charge in [0.05, 0.1) is 24.4 Å². The number of benzene rings is 3. The Balaban J connectivity index is 1.57. The van der Waals surface area contributed by atoms with Crippen molar-refractivity contribution >= 4 is 11.7 Å². The number of aromatic nitrogens is 1. The van der Waals surface area contributed by atoms with Crippen LogP contribution in [0.3, 0.4) is 0 Å². The number of hydrogen-bond donors (Lipinski definition) is 1. The lowest BCUT2D eigenvalue weighted by Crippen LogP contribution is -2.34. The summed E-state index contributed by atoms with van der Waals surface area (Å²) in [5.41, 5.74) is 2.15. The van der Waals surface area contributed by atoms with Crippen LogP contribution >= 0.6 is 0 Å². The Kier molecular flexibility index (Phi) is 8.18. The molecule has 0 saturated heterocycles. The molecule has 1 aromatic heterocycles. The minimum atomic E-state index is -4.40.